The molecule has 0 amide bonds. The smallest absolute Gasteiger partial charge is 0.316 e. The molecule has 0 saturated carbocycles. The maximum Gasteiger partial charge on any atom is 0.316 e. The van der Waals surface area contributed by atoms with E-state index in [1.165, 1.54) is 13.8 Å². The molecule has 4 nitrogen and oxygen atoms in total. The number of thiol groups is 2. The molecule has 0 aliphatic rings. The van der Waals surface area contributed by atoms with Crippen LogP contribution in [0.1, 0.15) is 13.8 Å². The van der Waals surface area contributed by atoms with Crippen LogP contribution in [0.15, 0.2) is 0 Å². The summed E-state index contributed by atoms with van der Waals surface area (Å²) in [7, 11) is 0. The Morgan fingerprint density at radius 2 is 1.08 bits per heavy atom. The van der Waals surface area contributed by atoms with Crippen molar-refractivity contribution < 1.29 is 19.8 Å². The van der Waals surface area contributed by atoms with E-state index in [9.17, 15) is 9.59 Å². The van der Waals surface area contributed by atoms with Gasteiger partial charge in [0.2, 0.25) is 0 Å². The van der Waals surface area contributed by atoms with Crippen LogP contribution in [0.4, 0.5) is 0 Å². The molecule has 0 aromatic carbocycles. The minimum absolute atomic E-state index is 0.537. The highest BCUT2D eigenvalue weighted by molar-refractivity contribution is 7.81. The van der Waals surface area contributed by atoms with E-state index in [0.717, 1.165) is 0 Å². The van der Waals surface area contributed by atoms with E-state index < -0.39 is 22.4 Å². The summed E-state index contributed by atoms with van der Waals surface area (Å²) < 4.78 is 0. The molecule has 72 valence electrons. The number of carboxylic acid groups (broad SMARTS) is 2. The summed E-state index contributed by atoms with van der Waals surface area (Å²) in [5.41, 5.74) is 0. The van der Waals surface area contributed by atoms with Crippen molar-refractivity contribution in [2.45, 2.75) is 24.3 Å². The second kappa shape index (κ2) is 7.30. The van der Waals surface area contributed by atoms with E-state index in [1.54, 1.807) is 0 Å². The quantitative estimate of drug-likeness (QED) is 0.510. The van der Waals surface area contributed by atoms with E-state index >= 15 is 0 Å². The summed E-state index contributed by atoms with van der Waals surface area (Å²) in [6, 6.07) is 0. The normalized spacial score (nSPS) is 13.7. The molecule has 0 radical (unpaired) electrons. The zero-order valence-electron chi connectivity index (χ0n) is 6.76. The third kappa shape index (κ3) is 12.3. The predicted octanol–water partition coefficient (Wildman–Crippen LogP) is 0.779. The van der Waals surface area contributed by atoms with Crippen LogP contribution in [0.25, 0.3) is 0 Å². The number of carboxylic acids is 2. The molecule has 2 atom stereocenters. The minimum atomic E-state index is -0.877. The highest BCUT2D eigenvalue weighted by atomic mass is 32.1. The average molecular weight is 212 g/mol. The molecule has 0 aliphatic carbocycles. The van der Waals surface area contributed by atoms with Crippen LogP contribution < -0.4 is 0 Å². The molecule has 12 heavy (non-hydrogen) atoms. The van der Waals surface area contributed by atoms with Gasteiger partial charge < -0.3 is 10.2 Å². The second-order valence-corrected chi connectivity index (χ2v) is 3.58. The van der Waals surface area contributed by atoms with Gasteiger partial charge in [0, 0.05) is 0 Å². The van der Waals surface area contributed by atoms with Crippen LogP contribution in [0.2, 0.25) is 0 Å². The Labute approximate surface area is 81.8 Å². The molecule has 0 fully saturated rings. The van der Waals surface area contributed by atoms with Gasteiger partial charge in [-0.2, -0.15) is 25.3 Å². The molecule has 0 aromatic heterocycles. The standard InChI is InChI=1S/2C3H6O2S/c2*1-2(6)3(4)5/h2*2,6H,1H3,(H,4,5). The van der Waals surface area contributed by atoms with Crippen LogP contribution in [-0.2, 0) is 9.59 Å². The van der Waals surface area contributed by atoms with Gasteiger partial charge in [-0.3, -0.25) is 9.59 Å². The van der Waals surface area contributed by atoms with Crippen molar-refractivity contribution in [2.75, 3.05) is 0 Å². The number of rotatable bonds is 2. The number of aliphatic carboxylic acids is 2. The maximum absolute atomic E-state index is 9.62. The van der Waals surface area contributed by atoms with Crippen LogP contribution in [0, 0.1) is 0 Å². The Kier molecular flexibility index (Phi) is 8.62. The minimum Gasteiger partial charge on any atom is -0.480 e. The fourth-order valence-electron chi connectivity index (χ4n) is 0. The molecule has 0 heterocycles. The summed E-state index contributed by atoms with van der Waals surface area (Å²) >= 11 is 7.19. The second-order valence-electron chi connectivity index (χ2n) is 2.03. The van der Waals surface area contributed by atoms with Gasteiger partial charge in [-0.1, -0.05) is 0 Å². The summed E-state index contributed by atoms with van der Waals surface area (Å²) in [6.45, 7) is 3.01. The van der Waals surface area contributed by atoms with Crippen molar-refractivity contribution in [2.24, 2.45) is 0 Å². The van der Waals surface area contributed by atoms with E-state index in [-0.39, 0.29) is 0 Å². The Hall–Kier alpha value is -0.360. The molecule has 2 unspecified atom stereocenters. The van der Waals surface area contributed by atoms with Gasteiger partial charge in [0.15, 0.2) is 0 Å². The van der Waals surface area contributed by atoms with E-state index in [4.69, 9.17) is 10.2 Å². The van der Waals surface area contributed by atoms with Crippen molar-refractivity contribution in [1.29, 1.82) is 0 Å². The number of hydrogen-bond acceptors (Lipinski definition) is 4. The van der Waals surface area contributed by atoms with Gasteiger partial charge in [-0.25, -0.2) is 0 Å². The highest BCUT2D eigenvalue weighted by Gasteiger charge is 2.00. The summed E-state index contributed by atoms with van der Waals surface area (Å²) in [6.07, 6.45) is 0. The summed E-state index contributed by atoms with van der Waals surface area (Å²) in [5.74, 6) is -1.75. The number of carbonyl (C=O) groups is 2. The lowest BCUT2D eigenvalue weighted by Gasteiger charge is -1.88. The van der Waals surface area contributed by atoms with Crippen molar-refractivity contribution in [3.8, 4) is 0 Å². The van der Waals surface area contributed by atoms with Gasteiger partial charge in [0.1, 0.15) is 0 Å². The molecule has 0 aromatic rings. The lowest BCUT2D eigenvalue weighted by molar-refractivity contribution is -0.137. The van der Waals surface area contributed by atoms with Crippen LogP contribution >= 0.6 is 25.3 Å². The SMILES string of the molecule is CC(S)C(=O)O.CC(S)C(=O)O. The lowest BCUT2D eigenvalue weighted by atomic mass is 10.5. The fraction of sp³-hybridized carbons (Fsp3) is 0.667. The molecular weight excluding hydrogens is 200 g/mol. The Morgan fingerprint density at radius 1 is 1.00 bits per heavy atom. The van der Waals surface area contributed by atoms with Crippen molar-refractivity contribution in [3.63, 3.8) is 0 Å². The zero-order valence-corrected chi connectivity index (χ0v) is 8.55. The molecule has 0 saturated heterocycles. The predicted molar refractivity (Wildman–Crippen MR) is 52.2 cm³/mol. The van der Waals surface area contributed by atoms with Crippen LogP contribution in [0.3, 0.4) is 0 Å². The molecule has 2 N–H and O–H groups in total. The molecule has 0 rings (SSSR count). The Bertz CT molecular complexity index is 138. The first-order chi connectivity index (χ1) is 5.29. The van der Waals surface area contributed by atoms with Gasteiger partial charge >= 0.3 is 11.9 Å². The Morgan fingerprint density at radius 3 is 1.08 bits per heavy atom. The molecule has 6 heteroatoms. The van der Waals surface area contributed by atoms with Crippen molar-refractivity contribution in [3.05, 3.63) is 0 Å². The first-order valence-corrected chi connectivity index (χ1v) is 4.14. The average Bonchev–Trinajstić information content (AvgIpc) is 1.88. The fourth-order valence-corrected chi connectivity index (χ4v) is 0. The van der Waals surface area contributed by atoms with E-state index in [1.807, 2.05) is 0 Å². The summed E-state index contributed by atoms with van der Waals surface area (Å²) in [5, 5.41) is 14.8. The lowest BCUT2D eigenvalue weighted by Crippen LogP contribution is -2.06. The van der Waals surface area contributed by atoms with Crippen molar-refractivity contribution in [1.82, 2.24) is 0 Å². The van der Waals surface area contributed by atoms with Crippen molar-refractivity contribution >= 4 is 37.2 Å². The largest absolute Gasteiger partial charge is 0.480 e. The molecule has 0 aliphatic heterocycles. The van der Waals surface area contributed by atoms with Gasteiger partial charge in [0.25, 0.3) is 0 Å². The molecule has 0 bridgehead atoms. The first kappa shape index (κ1) is 14.2. The third-order valence-corrected chi connectivity index (χ3v) is 1.16. The summed E-state index contributed by atoms with van der Waals surface area (Å²) in [4.78, 5) is 19.2. The van der Waals surface area contributed by atoms with E-state index in [2.05, 4.69) is 25.3 Å². The highest BCUT2D eigenvalue weighted by Crippen LogP contribution is 1.88. The van der Waals surface area contributed by atoms with Crippen LogP contribution in [0.5, 0.6) is 0 Å². The maximum atomic E-state index is 9.62. The van der Waals surface area contributed by atoms with Gasteiger partial charge in [-0.05, 0) is 13.8 Å². The Balaban J connectivity index is 0. The monoisotopic (exact) mass is 212 g/mol. The van der Waals surface area contributed by atoms with E-state index in [0.29, 0.717) is 0 Å². The molecular formula is C6H12O4S2. The van der Waals surface area contributed by atoms with Gasteiger partial charge in [0.05, 0.1) is 10.5 Å². The van der Waals surface area contributed by atoms with Gasteiger partial charge in [-0.15, -0.1) is 0 Å². The zero-order chi connectivity index (χ0) is 10.3. The molecule has 0 spiro atoms. The topological polar surface area (TPSA) is 74.6 Å². The third-order valence-electron chi connectivity index (χ3n) is 0.715. The first-order valence-electron chi connectivity index (χ1n) is 3.10. The van der Waals surface area contributed by atoms with Crippen LogP contribution in [-0.4, -0.2) is 32.7 Å². The number of hydrogen-bond donors (Lipinski definition) is 4.